The number of pyridine rings is 1. The van der Waals surface area contributed by atoms with Crippen molar-refractivity contribution in [2.75, 3.05) is 19.1 Å². The van der Waals surface area contributed by atoms with Crippen molar-refractivity contribution in [3.05, 3.63) is 62.5 Å². The van der Waals surface area contributed by atoms with Gasteiger partial charge in [-0.25, -0.2) is 8.78 Å². The maximum atomic E-state index is 14.1. The van der Waals surface area contributed by atoms with Crippen LogP contribution in [0.15, 0.2) is 29.2 Å². The van der Waals surface area contributed by atoms with Crippen LogP contribution in [-0.2, 0) is 11.0 Å². The molecule has 196 valence electrons. The molecule has 0 saturated heterocycles. The minimum Gasteiger partial charge on any atom is -0.502 e. The van der Waals surface area contributed by atoms with Crippen molar-refractivity contribution < 1.29 is 33.0 Å². The molecule has 11 nitrogen and oxygen atoms in total. The Kier molecular flexibility index (Phi) is 5.98. The number of carbonyl (C=O) groups is 1. The molecule has 5 rings (SSSR count). The van der Waals surface area contributed by atoms with Crippen LogP contribution < -0.4 is 10.4 Å². The van der Waals surface area contributed by atoms with Crippen LogP contribution in [-0.4, -0.2) is 66.0 Å². The minimum absolute atomic E-state index is 0.00189. The molecule has 1 aliphatic heterocycles. The van der Waals surface area contributed by atoms with E-state index in [2.05, 4.69) is 10.2 Å². The van der Waals surface area contributed by atoms with E-state index in [0.29, 0.717) is 5.01 Å². The molecule has 2 aliphatic rings. The molecule has 15 heteroatoms. The van der Waals surface area contributed by atoms with E-state index in [1.54, 1.807) is 12.1 Å². The molecule has 2 atom stereocenters. The van der Waals surface area contributed by atoms with Gasteiger partial charge in [0.25, 0.3) is 5.91 Å². The third kappa shape index (κ3) is 4.04. The molecule has 1 amide bonds. The predicted octanol–water partition coefficient (Wildman–Crippen LogP) is 2.02. The minimum atomic E-state index is -4.41. The van der Waals surface area contributed by atoms with Gasteiger partial charge in [0.05, 0.1) is 11.2 Å². The molecule has 1 saturated carbocycles. The normalized spacial score (nSPS) is 21.7. The lowest BCUT2D eigenvalue weighted by molar-refractivity contribution is 0.0404. The standard InChI is InChI=1S/C22H22F2N5O6PS/c1-27-21(32)17-19(31)18(30)14(10-29(17)28(2)22(27)6-5-13(9-22)36(33,34)35)20-26-25-16(37-20)7-11-3-4-12(23)8-15(11)24/h3-4,8,10,13,31H,5-7,9H2,1-2H3,(H2,33,34,35). The van der Waals surface area contributed by atoms with Gasteiger partial charge in [-0.2, -0.15) is 0 Å². The summed E-state index contributed by atoms with van der Waals surface area (Å²) in [6, 6.07) is 3.16. The summed E-state index contributed by atoms with van der Waals surface area (Å²) in [4.78, 5) is 47.0. The number of benzene rings is 1. The van der Waals surface area contributed by atoms with E-state index in [0.717, 1.165) is 23.5 Å². The monoisotopic (exact) mass is 553 g/mol. The maximum absolute atomic E-state index is 14.1. The van der Waals surface area contributed by atoms with Crippen molar-refractivity contribution in [3.8, 4) is 16.3 Å². The molecule has 1 fully saturated rings. The van der Waals surface area contributed by atoms with E-state index in [1.165, 1.54) is 28.9 Å². The van der Waals surface area contributed by atoms with Gasteiger partial charge in [0.15, 0.2) is 16.5 Å². The summed E-state index contributed by atoms with van der Waals surface area (Å²) >= 11 is 0.973. The van der Waals surface area contributed by atoms with Crippen molar-refractivity contribution in [1.29, 1.82) is 0 Å². The Bertz CT molecular complexity index is 1540. The average Bonchev–Trinajstić information content (AvgIpc) is 3.48. The Morgan fingerprint density at radius 1 is 1.22 bits per heavy atom. The molecule has 0 radical (unpaired) electrons. The Morgan fingerprint density at radius 2 is 1.95 bits per heavy atom. The molecule has 1 aliphatic carbocycles. The fourth-order valence-electron chi connectivity index (χ4n) is 5.07. The van der Waals surface area contributed by atoms with Gasteiger partial charge >= 0.3 is 7.60 Å². The predicted molar refractivity (Wildman–Crippen MR) is 129 cm³/mol. The SMILES string of the molecule is CN1C(=O)c2c(O)c(=O)c(-c3nnc(Cc4ccc(F)cc4F)s3)cn2N(C)C12CCC(P(=O)(O)O)C2. The summed E-state index contributed by atoms with van der Waals surface area (Å²) in [5, 5.41) is 20.8. The summed E-state index contributed by atoms with van der Waals surface area (Å²) in [6.45, 7) is 0. The van der Waals surface area contributed by atoms with Crippen molar-refractivity contribution in [1.82, 2.24) is 19.8 Å². The molecule has 37 heavy (non-hydrogen) atoms. The summed E-state index contributed by atoms with van der Waals surface area (Å²) in [7, 11) is -1.34. The molecular formula is C22H22F2N5O6PS. The Balaban J connectivity index is 1.55. The number of halogens is 2. The number of fused-ring (bicyclic) bond motifs is 1. The number of hydrogen-bond donors (Lipinski definition) is 3. The van der Waals surface area contributed by atoms with E-state index in [-0.39, 0.29) is 47.5 Å². The zero-order valence-corrected chi connectivity index (χ0v) is 21.3. The Morgan fingerprint density at radius 3 is 2.59 bits per heavy atom. The highest BCUT2D eigenvalue weighted by Crippen LogP contribution is 2.54. The molecule has 2 unspecified atom stereocenters. The lowest BCUT2D eigenvalue weighted by Crippen LogP contribution is -2.67. The Labute approximate surface area is 212 Å². The molecule has 3 aromatic rings. The highest BCUT2D eigenvalue weighted by molar-refractivity contribution is 7.52. The van der Waals surface area contributed by atoms with Crippen LogP contribution in [0.4, 0.5) is 8.78 Å². The number of hydrogen-bond acceptors (Lipinski definition) is 8. The summed E-state index contributed by atoms with van der Waals surface area (Å²) in [5.74, 6) is -2.94. The number of aromatic nitrogens is 3. The van der Waals surface area contributed by atoms with Gasteiger partial charge in [-0.15, -0.1) is 10.2 Å². The molecule has 2 aromatic heterocycles. The second kappa shape index (κ2) is 8.69. The second-order valence-corrected chi connectivity index (χ2v) is 12.2. The van der Waals surface area contributed by atoms with Crippen molar-refractivity contribution in [2.24, 2.45) is 0 Å². The van der Waals surface area contributed by atoms with Gasteiger partial charge < -0.3 is 19.8 Å². The van der Waals surface area contributed by atoms with Crippen LogP contribution in [0.3, 0.4) is 0 Å². The highest BCUT2D eigenvalue weighted by atomic mass is 32.1. The van der Waals surface area contributed by atoms with Crippen molar-refractivity contribution in [3.63, 3.8) is 0 Å². The lowest BCUT2D eigenvalue weighted by Gasteiger charge is -2.51. The van der Waals surface area contributed by atoms with Gasteiger partial charge in [0.1, 0.15) is 22.3 Å². The van der Waals surface area contributed by atoms with E-state index in [9.17, 15) is 37.8 Å². The zero-order chi connectivity index (χ0) is 26.9. The Hall–Kier alpha value is -3.19. The van der Waals surface area contributed by atoms with Crippen LogP contribution in [0.1, 0.15) is 40.3 Å². The van der Waals surface area contributed by atoms with Gasteiger partial charge in [0, 0.05) is 39.2 Å². The van der Waals surface area contributed by atoms with E-state index in [4.69, 9.17) is 0 Å². The van der Waals surface area contributed by atoms with Gasteiger partial charge in [-0.05, 0) is 24.5 Å². The molecule has 3 N–H and O–H groups in total. The fourth-order valence-corrected chi connectivity index (χ4v) is 6.93. The van der Waals surface area contributed by atoms with Gasteiger partial charge in [-0.3, -0.25) is 23.8 Å². The van der Waals surface area contributed by atoms with E-state index < -0.39 is 47.6 Å². The second-order valence-electron chi connectivity index (χ2n) is 9.18. The molecule has 3 heterocycles. The van der Waals surface area contributed by atoms with Crippen LogP contribution in [0, 0.1) is 11.6 Å². The molecule has 0 bridgehead atoms. The van der Waals surface area contributed by atoms with Crippen molar-refractivity contribution >= 4 is 24.8 Å². The number of nitrogens with zero attached hydrogens (tertiary/aromatic N) is 5. The fraction of sp³-hybridized carbons (Fsp3) is 0.364. The largest absolute Gasteiger partial charge is 0.502 e. The van der Waals surface area contributed by atoms with Gasteiger partial charge in [-0.1, -0.05) is 17.4 Å². The molecular weight excluding hydrogens is 531 g/mol. The third-order valence-electron chi connectivity index (χ3n) is 7.19. The van der Waals surface area contributed by atoms with Crippen LogP contribution >= 0.6 is 18.9 Å². The first-order valence-electron chi connectivity index (χ1n) is 11.2. The lowest BCUT2D eigenvalue weighted by atomic mass is 10.0. The smallest absolute Gasteiger partial charge is 0.328 e. The average molecular weight is 553 g/mol. The topological polar surface area (TPSA) is 149 Å². The quantitative estimate of drug-likeness (QED) is 0.413. The van der Waals surface area contributed by atoms with Crippen LogP contribution in [0.2, 0.25) is 0 Å². The van der Waals surface area contributed by atoms with Gasteiger partial charge in [0.2, 0.25) is 5.43 Å². The molecule has 1 aromatic carbocycles. The number of amides is 1. The first kappa shape index (κ1) is 25.5. The first-order valence-corrected chi connectivity index (χ1v) is 13.7. The molecule has 1 spiro atoms. The van der Waals surface area contributed by atoms with E-state index >= 15 is 0 Å². The summed E-state index contributed by atoms with van der Waals surface area (Å²) in [6.07, 6.45) is 1.76. The zero-order valence-electron chi connectivity index (χ0n) is 19.6. The summed E-state index contributed by atoms with van der Waals surface area (Å²) < 4.78 is 40.5. The van der Waals surface area contributed by atoms with Crippen LogP contribution in [0.5, 0.6) is 5.75 Å². The number of aromatic hydroxyl groups is 1. The highest BCUT2D eigenvalue weighted by Gasteiger charge is 2.55. The third-order valence-corrected chi connectivity index (χ3v) is 9.54. The van der Waals surface area contributed by atoms with Crippen LogP contribution in [0.25, 0.3) is 10.6 Å². The first-order chi connectivity index (χ1) is 17.3. The number of carbonyl (C=O) groups excluding carboxylic acids is 1. The number of rotatable bonds is 4. The maximum Gasteiger partial charge on any atom is 0.328 e. The van der Waals surface area contributed by atoms with Crippen molar-refractivity contribution in [2.45, 2.75) is 37.0 Å². The summed E-state index contributed by atoms with van der Waals surface area (Å²) in [5.41, 5.74) is -3.06. The van der Waals surface area contributed by atoms with E-state index in [1.807, 2.05) is 0 Å².